The highest BCUT2D eigenvalue weighted by molar-refractivity contribution is 5.66. The minimum Gasteiger partial charge on any atom is -0.481 e. The first-order valence-electron chi connectivity index (χ1n) is 3.65. The van der Waals surface area contributed by atoms with Gasteiger partial charge in [-0.2, -0.15) is 0 Å². The topological polar surface area (TPSA) is 80.4 Å². The van der Waals surface area contributed by atoms with Crippen molar-refractivity contribution in [3.63, 3.8) is 0 Å². The number of hydrogen-bond donors (Lipinski definition) is 1. The number of carbonyl (C=O) groups is 1. The van der Waals surface area contributed by atoms with Crippen LogP contribution in [0.5, 0.6) is 0 Å². The number of hydrogen-bond acceptors (Lipinski definition) is 3. The summed E-state index contributed by atoms with van der Waals surface area (Å²) in [6, 6.07) is 0. The lowest BCUT2D eigenvalue weighted by atomic mass is 10.2. The van der Waals surface area contributed by atoms with Crippen molar-refractivity contribution in [3.05, 3.63) is 22.4 Å². The molecular formula is C7H11NO4. The third-order valence-corrected chi connectivity index (χ3v) is 1.24. The molecule has 5 nitrogen and oxygen atoms in total. The molecule has 0 aromatic carbocycles. The summed E-state index contributed by atoms with van der Waals surface area (Å²) in [4.78, 5) is 19.2. The predicted molar refractivity (Wildman–Crippen MR) is 42.2 cm³/mol. The first-order chi connectivity index (χ1) is 5.63. The molecule has 0 aliphatic carbocycles. The van der Waals surface area contributed by atoms with E-state index < -0.39 is 10.9 Å². The third-order valence-electron chi connectivity index (χ3n) is 1.24. The zero-order chi connectivity index (χ0) is 9.40. The molecule has 5 heteroatoms. The van der Waals surface area contributed by atoms with Crippen LogP contribution in [0.2, 0.25) is 0 Å². The van der Waals surface area contributed by atoms with E-state index >= 15 is 0 Å². The molecular weight excluding hydrogens is 162 g/mol. The Bertz CT molecular complexity index is 188. The molecule has 0 bridgehead atoms. The molecule has 0 aliphatic heterocycles. The number of rotatable bonds is 6. The first-order valence-corrected chi connectivity index (χ1v) is 3.65. The fourth-order valence-electron chi connectivity index (χ4n) is 0.699. The van der Waals surface area contributed by atoms with Crippen LogP contribution in [0.1, 0.15) is 25.7 Å². The minimum absolute atomic E-state index is 0.131. The molecule has 0 aliphatic rings. The van der Waals surface area contributed by atoms with Crippen LogP contribution in [-0.2, 0) is 4.79 Å². The van der Waals surface area contributed by atoms with Crippen molar-refractivity contribution < 1.29 is 14.8 Å². The molecule has 68 valence electrons. The number of aliphatic carboxylic acids is 1. The molecule has 0 aromatic rings. The Morgan fingerprint density at radius 3 is 2.67 bits per heavy atom. The quantitative estimate of drug-likeness (QED) is 0.374. The Labute approximate surface area is 69.8 Å². The Balaban J connectivity index is 3.21. The molecule has 0 saturated heterocycles. The van der Waals surface area contributed by atoms with Crippen molar-refractivity contribution in [2.75, 3.05) is 0 Å². The Hall–Kier alpha value is -1.39. The van der Waals surface area contributed by atoms with E-state index in [4.69, 9.17) is 5.11 Å². The Morgan fingerprint density at radius 1 is 1.50 bits per heavy atom. The minimum atomic E-state index is -0.826. The maximum atomic E-state index is 10.0. The van der Waals surface area contributed by atoms with Gasteiger partial charge in [0.15, 0.2) is 0 Å². The summed E-state index contributed by atoms with van der Waals surface area (Å²) in [5, 5.41) is 18.0. The van der Waals surface area contributed by atoms with Crippen LogP contribution in [-0.4, -0.2) is 16.0 Å². The number of nitro groups is 1. The molecule has 0 aromatic heterocycles. The molecule has 0 atom stereocenters. The van der Waals surface area contributed by atoms with Crippen LogP contribution < -0.4 is 0 Å². The Morgan fingerprint density at radius 2 is 2.17 bits per heavy atom. The normalized spacial score (nSPS) is 10.3. The van der Waals surface area contributed by atoms with Crippen molar-refractivity contribution in [2.45, 2.75) is 25.7 Å². The molecule has 0 spiro atoms. The van der Waals surface area contributed by atoms with Gasteiger partial charge in [0.25, 0.3) is 0 Å². The average molecular weight is 173 g/mol. The number of carboxylic acids is 1. The molecule has 0 amide bonds. The zero-order valence-electron chi connectivity index (χ0n) is 6.60. The smallest absolute Gasteiger partial charge is 0.303 e. The molecule has 1 N–H and O–H groups in total. The van der Waals surface area contributed by atoms with Gasteiger partial charge in [0.2, 0.25) is 6.20 Å². The van der Waals surface area contributed by atoms with Gasteiger partial charge in [0, 0.05) is 6.42 Å². The van der Waals surface area contributed by atoms with Gasteiger partial charge in [-0.05, 0) is 25.3 Å². The first kappa shape index (κ1) is 10.6. The second-order valence-corrected chi connectivity index (χ2v) is 2.31. The van der Waals surface area contributed by atoms with Crippen molar-refractivity contribution in [3.8, 4) is 0 Å². The van der Waals surface area contributed by atoms with Gasteiger partial charge in [-0.1, -0.05) is 0 Å². The SMILES string of the molecule is O=C(O)CCCCC=C[N+](=O)[O-]. The standard InChI is InChI=1S/C7H11NO4/c9-7(10)5-3-1-2-4-6-8(11)12/h4,6H,1-3,5H2,(H,9,10). The number of carboxylic acid groups (broad SMARTS) is 1. The van der Waals surface area contributed by atoms with E-state index in [1.807, 2.05) is 0 Å². The van der Waals surface area contributed by atoms with Crippen LogP contribution in [0.4, 0.5) is 0 Å². The summed E-state index contributed by atoms with van der Waals surface area (Å²) in [7, 11) is 0. The van der Waals surface area contributed by atoms with E-state index in [-0.39, 0.29) is 6.42 Å². The van der Waals surface area contributed by atoms with Crippen LogP contribution in [0.15, 0.2) is 12.3 Å². The molecule has 0 radical (unpaired) electrons. The van der Waals surface area contributed by atoms with Crippen molar-refractivity contribution in [1.29, 1.82) is 0 Å². The van der Waals surface area contributed by atoms with Crippen LogP contribution >= 0.6 is 0 Å². The van der Waals surface area contributed by atoms with Crippen LogP contribution in [0, 0.1) is 10.1 Å². The monoisotopic (exact) mass is 173 g/mol. The molecule has 0 saturated carbocycles. The van der Waals surface area contributed by atoms with E-state index in [0.29, 0.717) is 19.3 Å². The van der Waals surface area contributed by atoms with Gasteiger partial charge in [-0.15, -0.1) is 0 Å². The maximum Gasteiger partial charge on any atom is 0.303 e. The molecule has 0 rings (SSSR count). The van der Waals surface area contributed by atoms with Crippen molar-refractivity contribution in [2.24, 2.45) is 0 Å². The van der Waals surface area contributed by atoms with Gasteiger partial charge in [0.1, 0.15) is 0 Å². The summed E-state index contributed by atoms with van der Waals surface area (Å²) < 4.78 is 0. The second-order valence-electron chi connectivity index (χ2n) is 2.31. The van der Waals surface area contributed by atoms with Gasteiger partial charge in [-0.25, -0.2) is 0 Å². The summed E-state index contributed by atoms with van der Waals surface area (Å²) in [5.41, 5.74) is 0. The Kier molecular flexibility index (Phi) is 5.60. The summed E-state index contributed by atoms with van der Waals surface area (Å²) >= 11 is 0. The predicted octanol–water partition coefficient (Wildman–Crippen LogP) is 1.42. The lowest BCUT2D eigenvalue weighted by molar-refractivity contribution is -0.402. The highest BCUT2D eigenvalue weighted by Gasteiger charge is 1.94. The number of unbranched alkanes of at least 4 members (excludes halogenated alkanes) is 2. The van der Waals surface area contributed by atoms with Gasteiger partial charge < -0.3 is 5.11 Å². The fraction of sp³-hybridized carbons (Fsp3) is 0.571. The van der Waals surface area contributed by atoms with Gasteiger partial charge in [-0.3, -0.25) is 14.9 Å². The van der Waals surface area contributed by atoms with Gasteiger partial charge >= 0.3 is 5.97 Å². The average Bonchev–Trinajstić information content (AvgIpc) is 1.95. The second kappa shape index (κ2) is 6.33. The van der Waals surface area contributed by atoms with E-state index in [9.17, 15) is 14.9 Å². The lowest BCUT2D eigenvalue weighted by Gasteiger charge is -1.91. The van der Waals surface area contributed by atoms with Crippen molar-refractivity contribution in [1.82, 2.24) is 0 Å². The van der Waals surface area contributed by atoms with Gasteiger partial charge in [0.05, 0.1) is 4.92 Å². The summed E-state index contributed by atoms with van der Waals surface area (Å²) in [5.74, 6) is -0.826. The molecule has 0 heterocycles. The van der Waals surface area contributed by atoms with Crippen molar-refractivity contribution >= 4 is 5.97 Å². The van der Waals surface area contributed by atoms with Crippen LogP contribution in [0.25, 0.3) is 0 Å². The van der Waals surface area contributed by atoms with E-state index in [1.165, 1.54) is 6.08 Å². The number of allylic oxidation sites excluding steroid dienone is 1. The molecule has 0 unspecified atom stereocenters. The highest BCUT2D eigenvalue weighted by atomic mass is 16.6. The molecule has 0 fully saturated rings. The third kappa shape index (κ3) is 8.61. The van der Waals surface area contributed by atoms with Crippen LogP contribution in [0.3, 0.4) is 0 Å². The molecule has 12 heavy (non-hydrogen) atoms. The van der Waals surface area contributed by atoms with E-state index in [0.717, 1.165) is 6.20 Å². The van der Waals surface area contributed by atoms with E-state index in [1.54, 1.807) is 0 Å². The zero-order valence-corrected chi connectivity index (χ0v) is 6.60. The lowest BCUT2D eigenvalue weighted by Crippen LogP contribution is -1.93. The summed E-state index contributed by atoms with van der Waals surface area (Å²) in [6.45, 7) is 0. The largest absolute Gasteiger partial charge is 0.481 e. The highest BCUT2D eigenvalue weighted by Crippen LogP contribution is 2.00. The number of nitrogens with zero attached hydrogens (tertiary/aromatic N) is 1. The maximum absolute atomic E-state index is 10.0. The van der Waals surface area contributed by atoms with E-state index in [2.05, 4.69) is 0 Å². The fourth-order valence-corrected chi connectivity index (χ4v) is 0.699. The summed E-state index contributed by atoms with van der Waals surface area (Å²) in [6.07, 6.45) is 4.25.